The summed E-state index contributed by atoms with van der Waals surface area (Å²) in [6.07, 6.45) is -4.81. The summed E-state index contributed by atoms with van der Waals surface area (Å²) in [7, 11) is 0. The molecule has 0 saturated carbocycles. The molecule has 0 radical (unpaired) electrons. The van der Waals surface area contributed by atoms with E-state index in [1.165, 1.54) is 18.2 Å². The molecule has 3 rings (SSSR count). The van der Waals surface area contributed by atoms with Gasteiger partial charge in [-0.3, -0.25) is 19.3 Å². The number of nitrogens with one attached hydrogen (secondary N) is 1. The first-order chi connectivity index (χ1) is 13.3. The molecule has 0 spiro atoms. The first-order valence-electron chi connectivity index (χ1n) is 8.36. The van der Waals surface area contributed by atoms with Crippen LogP contribution in [0.5, 0.6) is 5.75 Å². The zero-order chi connectivity index (χ0) is 20.3. The van der Waals surface area contributed by atoms with E-state index < -0.39 is 29.8 Å². The van der Waals surface area contributed by atoms with E-state index in [2.05, 4.69) is 10.1 Å². The smallest absolute Gasteiger partial charge is 0.404 e. The van der Waals surface area contributed by atoms with Crippen LogP contribution in [0.3, 0.4) is 0 Å². The number of rotatable bonds is 6. The SMILES string of the molecule is O=C(CCCN1C(=O)c2ccccc2C1=O)Nc1ccccc1OC(F)(F)F. The number of imide groups is 1. The highest BCUT2D eigenvalue weighted by Gasteiger charge is 2.35. The number of amides is 3. The summed E-state index contributed by atoms with van der Waals surface area (Å²) in [4.78, 5) is 37.6. The molecular weight excluding hydrogens is 377 g/mol. The zero-order valence-electron chi connectivity index (χ0n) is 14.5. The minimum atomic E-state index is -4.88. The van der Waals surface area contributed by atoms with Gasteiger partial charge in [0.2, 0.25) is 5.91 Å². The van der Waals surface area contributed by atoms with Crippen LogP contribution in [0.15, 0.2) is 48.5 Å². The van der Waals surface area contributed by atoms with Crippen molar-refractivity contribution >= 4 is 23.4 Å². The Bertz CT molecular complexity index is 892. The number of hydrogen-bond acceptors (Lipinski definition) is 4. The second-order valence-corrected chi connectivity index (χ2v) is 6.00. The summed E-state index contributed by atoms with van der Waals surface area (Å²) in [6, 6.07) is 11.6. The average Bonchev–Trinajstić information content (AvgIpc) is 2.87. The van der Waals surface area contributed by atoms with Crippen LogP contribution in [-0.4, -0.2) is 35.5 Å². The number of nitrogens with zero attached hydrogens (tertiary/aromatic N) is 1. The third kappa shape index (κ3) is 4.30. The van der Waals surface area contributed by atoms with Gasteiger partial charge in [0, 0.05) is 13.0 Å². The van der Waals surface area contributed by atoms with Gasteiger partial charge in [-0.25, -0.2) is 0 Å². The van der Waals surface area contributed by atoms with Crippen LogP contribution in [0.4, 0.5) is 18.9 Å². The Kier molecular flexibility index (Phi) is 5.34. The lowest BCUT2D eigenvalue weighted by atomic mass is 10.1. The van der Waals surface area contributed by atoms with Crippen LogP contribution in [0, 0.1) is 0 Å². The molecule has 1 N–H and O–H groups in total. The first-order valence-corrected chi connectivity index (χ1v) is 8.36. The van der Waals surface area contributed by atoms with Crippen molar-refractivity contribution in [3.8, 4) is 5.75 Å². The summed E-state index contributed by atoms with van der Waals surface area (Å²) in [5, 5.41) is 2.35. The predicted molar refractivity (Wildman–Crippen MR) is 92.8 cm³/mol. The molecule has 1 heterocycles. The van der Waals surface area contributed by atoms with E-state index in [1.54, 1.807) is 24.3 Å². The number of alkyl halides is 3. The molecule has 3 amide bonds. The largest absolute Gasteiger partial charge is 0.573 e. The molecule has 1 aliphatic heterocycles. The van der Waals surface area contributed by atoms with Gasteiger partial charge in [-0.2, -0.15) is 0 Å². The number of carbonyl (C=O) groups is 3. The Labute approximate surface area is 157 Å². The summed E-state index contributed by atoms with van der Waals surface area (Å²) in [5.74, 6) is -1.94. The molecule has 1 aliphatic rings. The van der Waals surface area contributed by atoms with Crippen molar-refractivity contribution in [2.24, 2.45) is 0 Å². The molecule has 0 atom stereocenters. The highest BCUT2D eigenvalue weighted by atomic mass is 19.4. The van der Waals surface area contributed by atoms with E-state index >= 15 is 0 Å². The minimum Gasteiger partial charge on any atom is -0.404 e. The maximum Gasteiger partial charge on any atom is 0.573 e. The number of anilines is 1. The maximum atomic E-state index is 12.4. The van der Waals surface area contributed by atoms with Crippen molar-refractivity contribution in [3.63, 3.8) is 0 Å². The molecule has 0 bridgehead atoms. The molecular formula is C19H15F3N2O4. The summed E-state index contributed by atoms with van der Waals surface area (Å²) in [5.41, 5.74) is 0.510. The topological polar surface area (TPSA) is 75.7 Å². The Hall–Kier alpha value is -3.36. The molecule has 6 nitrogen and oxygen atoms in total. The van der Waals surface area contributed by atoms with Gasteiger partial charge >= 0.3 is 6.36 Å². The molecule has 28 heavy (non-hydrogen) atoms. The minimum absolute atomic E-state index is 0.0282. The van der Waals surface area contributed by atoms with Crippen LogP contribution in [-0.2, 0) is 4.79 Å². The standard InChI is InChI=1S/C19H15F3N2O4/c20-19(21,22)28-15-9-4-3-8-14(15)23-16(25)10-5-11-24-17(26)12-6-1-2-7-13(12)18(24)27/h1-4,6-9H,5,10-11H2,(H,23,25). The highest BCUT2D eigenvalue weighted by Crippen LogP contribution is 2.30. The fourth-order valence-corrected chi connectivity index (χ4v) is 2.84. The number of benzene rings is 2. The van der Waals surface area contributed by atoms with E-state index in [-0.39, 0.29) is 25.1 Å². The van der Waals surface area contributed by atoms with E-state index in [4.69, 9.17) is 0 Å². The van der Waals surface area contributed by atoms with Crippen molar-refractivity contribution in [2.45, 2.75) is 19.2 Å². The number of para-hydroxylation sites is 2. The molecule has 9 heteroatoms. The normalized spacial score (nSPS) is 13.5. The van der Waals surface area contributed by atoms with Crippen molar-refractivity contribution in [1.82, 2.24) is 4.90 Å². The maximum absolute atomic E-state index is 12.4. The molecule has 2 aromatic rings. The van der Waals surface area contributed by atoms with Gasteiger partial charge in [0.05, 0.1) is 16.8 Å². The zero-order valence-corrected chi connectivity index (χ0v) is 14.5. The number of hydrogen-bond donors (Lipinski definition) is 1. The Morgan fingerprint density at radius 2 is 1.54 bits per heavy atom. The molecule has 0 saturated heterocycles. The lowest BCUT2D eigenvalue weighted by Gasteiger charge is -2.15. The molecule has 0 aromatic heterocycles. The Morgan fingerprint density at radius 1 is 0.964 bits per heavy atom. The fourth-order valence-electron chi connectivity index (χ4n) is 2.84. The van der Waals surface area contributed by atoms with Crippen molar-refractivity contribution < 1.29 is 32.3 Å². The van der Waals surface area contributed by atoms with E-state index in [0.29, 0.717) is 11.1 Å². The average molecular weight is 392 g/mol. The van der Waals surface area contributed by atoms with Gasteiger partial charge in [0.25, 0.3) is 11.8 Å². The lowest BCUT2D eigenvalue weighted by molar-refractivity contribution is -0.274. The monoisotopic (exact) mass is 392 g/mol. The second kappa shape index (κ2) is 7.71. The van der Waals surface area contributed by atoms with E-state index in [9.17, 15) is 27.6 Å². The van der Waals surface area contributed by atoms with Crippen LogP contribution < -0.4 is 10.1 Å². The molecule has 146 valence electrons. The third-order valence-electron chi connectivity index (χ3n) is 4.05. The van der Waals surface area contributed by atoms with E-state index in [1.807, 2.05) is 0 Å². The van der Waals surface area contributed by atoms with Crippen LogP contribution in [0.1, 0.15) is 33.6 Å². The van der Waals surface area contributed by atoms with Gasteiger partial charge < -0.3 is 10.1 Å². The lowest BCUT2D eigenvalue weighted by Crippen LogP contribution is -2.31. The number of fused-ring (bicyclic) bond motifs is 1. The Morgan fingerprint density at radius 3 is 2.14 bits per heavy atom. The van der Waals surface area contributed by atoms with Gasteiger partial charge in [0.1, 0.15) is 0 Å². The van der Waals surface area contributed by atoms with Gasteiger partial charge in [-0.15, -0.1) is 13.2 Å². The molecule has 0 fully saturated rings. The van der Waals surface area contributed by atoms with Gasteiger partial charge in [-0.05, 0) is 30.7 Å². The van der Waals surface area contributed by atoms with Crippen molar-refractivity contribution in [2.75, 3.05) is 11.9 Å². The molecule has 0 unspecified atom stereocenters. The highest BCUT2D eigenvalue weighted by molar-refractivity contribution is 6.21. The van der Waals surface area contributed by atoms with Crippen LogP contribution >= 0.6 is 0 Å². The summed E-state index contributed by atoms with van der Waals surface area (Å²) >= 11 is 0. The predicted octanol–water partition coefficient (Wildman–Crippen LogP) is 3.60. The van der Waals surface area contributed by atoms with E-state index in [0.717, 1.165) is 11.0 Å². The summed E-state index contributed by atoms with van der Waals surface area (Å²) < 4.78 is 41.1. The van der Waals surface area contributed by atoms with Gasteiger partial charge in [-0.1, -0.05) is 24.3 Å². The van der Waals surface area contributed by atoms with Crippen molar-refractivity contribution in [3.05, 3.63) is 59.7 Å². The molecule has 2 aromatic carbocycles. The second-order valence-electron chi connectivity index (χ2n) is 6.00. The number of carbonyl (C=O) groups excluding carboxylic acids is 3. The molecule has 0 aliphatic carbocycles. The third-order valence-corrected chi connectivity index (χ3v) is 4.05. The quantitative estimate of drug-likeness (QED) is 0.763. The fraction of sp³-hybridized carbons (Fsp3) is 0.211. The Balaban J connectivity index is 1.55. The van der Waals surface area contributed by atoms with Crippen molar-refractivity contribution in [1.29, 1.82) is 0 Å². The van der Waals surface area contributed by atoms with Gasteiger partial charge in [0.15, 0.2) is 5.75 Å². The number of halogens is 3. The summed E-state index contributed by atoms with van der Waals surface area (Å²) in [6.45, 7) is 0.0282. The first kappa shape index (κ1) is 19.4. The number of ether oxygens (including phenoxy) is 1. The van der Waals surface area contributed by atoms with Crippen LogP contribution in [0.2, 0.25) is 0 Å². The van der Waals surface area contributed by atoms with Crippen LogP contribution in [0.25, 0.3) is 0 Å².